The van der Waals surface area contributed by atoms with E-state index in [1.54, 1.807) is 31.2 Å². The maximum atomic E-state index is 13.8. The second kappa shape index (κ2) is 9.94. The second-order valence-corrected chi connectivity index (χ2v) is 8.83. The number of imidazole rings is 1. The van der Waals surface area contributed by atoms with Crippen molar-refractivity contribution < 1.29 is 13.9 Å². The number of nitrogens with zero attached hydrogens (tertiary/aromatic N) is 2. The molecule has 3 aromatic carbocycles. The Bertz CT molecular complexity index is 1290. The summed E-state index contributed by atoms with van der Waals surface area (Å²) in [7, 11) is 0. The highest BCUT2D eigenvalue weighted by Gasteiger charge is 2.16. The van der Waals surface area contributed by atoms with Gasteiger partial charge in [-0.25, -0.2) is 14.2 Å². The number of rotatable bonds is 7. The van der Waals surface area contributed by atoms with Crippen LogP contribution in [0.4, 0.5) is 4.39 Å². The molecule has 1 heterocycles. The molecule has 32 heavy (non-hydrogen) atoms. The number of carbonyl (C=O) groups is 1. The van der Waals surface area contributed by atoms with Crippen molar-refractivity contribution in [1.82, 2.24) is 9.55 Å². The Morgan fingerprint density at radius 3 is 2.66 bits per heavy atom. The molecule has 0 amide bonds. The van der Waals surface area contributed by atoms with Crippen LogP contribution in [0.2, 0.25) is 10.0 Å². The summed E-state index contributed by atoms with van der Waals surface area (Å²) in [6.45, 7) is 2.51. The number of fused-ring (bicyclic) bond motifs is 1. The molecule has 0 bridgehead atoms. The van der Waals surface area contributed by atoms with E-state index >= 15 is 0 Å². The molecule has 0 radical (unpaired) electrons. The summed E-state index contributed by atoms with van der Waals surface area (Å²) in [5.74, 6) is -0.0608. The van der Waals surface area contributed by atoms with Crippen LogP contribution in [0.3, 0.4) is 0 Å². The summed E-state index contributed by atoms with van der Waals surface area (Å²) in [5.41, 5.74) is 3.77. The Morgan fingerprint density at radius 1 is 1.06 bits per heavy atom. The minimum atomic E-state index is -0.390. The third-order valence-electron chi connectivity index (χ3n) is 4.81. The van der Waals surface area contributed by atoms with E-state index in [1.165, 1.54) is 23.9 Å². The fourth-order valence-corrected chi connectivity index (χ4v) is 4.58. The molecular weight excluding hydrogens is 470 g/mol. The zero-order valence-corrected chi connectivity index (χ0v) is 19.5. The van der Waals surface area contributed by atoms with Gasteiger partial charge in [-0.15, -0.1) is 0 Å². The van der Waals surface area contributed by atoms with Crippen LogP contribution < -0.4 is 0 Å². The van der Waals surface area contributed by atoms with E-state index in [9.17, 15) is 9.18 Å². The van der Waals surface area contributed by atoms with Crippen molar-refractivity contribution in [3.05, 3.63) is 93.2 Å². The molecule has 0 aliphatic rings. The number of hydrogen-bond acceptors (Lipinski definition) is 4. The second-order valence-electron chi connectivity index (χ2n) is 7.07. The van der Waals surface area contributed by atoms with Crippen LogP contribution in [0.25, 0.3) is 11.0 Å². The monoisotopic (exact) mass is 488 g/mol. The number of esters is 1. The van der Waals surface area contributed by atoms with E-state index in [-0.39, 0.29) is 11.8 Å². The number of benzene rings is 3. The van der Waals surface area contributed by atoms with Gasteiger partial charge in [-0.05, 0) is 60.5 Å². The lowest BCUT2D eigenvalue weighted by Gasteiger charge is -2.10. The predicted molar refractivity (Wildman–Crippen MR) is 127 cm³/mol. The lowest BCUT2D eigenvalue weighted by Crippen LogP contribution is -2.05. The molecule has 0 aliphatic carbocycles. The van der Waals surface area contributed by atoms with E-state index in [4.69, 9.17) is 32.9 Å². The molecule has 8 heteroatoms. The Morgan fingerprint density at radius 2 is 1.91 bits per heavy atom. The highest BCUT2D eigenvalue weighted by molar-refractivity contribution is 7.98. The number of hydrogen-bond donors (Lipinski definition) is 0. The Labute approximate surface area is 199 Å². The minimum Gasteiger partial charge on any atom is -0.462 e. The molecule has 0 aliphatic heterocycles. The fourth-order valence-electron chi connectivity index (χ4n) is 3.31. The number of carbonyl (C=O) groups excluding carboxylic acids is 1. The highest BCUT2D eigenvalue weighted by Crippen LogP contribution is 2.30. The summed E-state index contributed by atoms with van der Waals surface area (Å²) in [4.78, 5) is 16.9. The molecular formula is C24H19Cl2FN2O2S. The van der Waals surface area contributed by atoms with Crippen LogP contribution >= 0.6 is 35.0 Å². The van der Waals surface area contributed by atoms with Crippen molar-refractivity contribution in [2.45, 2.75) is 24.4 Å². The molecule has 4 nitrogen and oxygen atoms in total. The molecule has 0 saturated carbocycles. The Kier molecular flexibility index (Phi) is 7.04. The molecule has 0 unspecified atom stereocenters. The topological polar surface area (TPSA) is 44.1 Å². The first-order chi connectivity index (χ1) is 15.4. The van der Waals surface area contributed by atoms with E-state index in [1.807, 2.05) is 28.8 Å². The lowest BCUT2D eigenvalue weighted by atomic mass is 10.2. The zero-order valence-electron chi connectivity index (χ0n) is 17.1. The number of aromatic nitrogens is 2. The largest absolute Gasteiger partial charge is 0.462 e. The van der Waals surface area contributed by atoms with Gasteiger partial charge in [0.25, 0.3) is 0 Å². The standard InChI is InChI=1S/C24H19Cl2FN2O2S/c1-2-31-23(30)17-7-9-22-21(12-17)28-24(29(22)13-15-4-3-5-18(27)10-15)32-14-16-6-8-19(25)20(26)11-16/h3-12H,2,13-14H2,1H3. The van der Waals surface area contributed by atoms with Crippen molar-refractivity contribution >= 4 is 52.0 Å². The highest BCUT2D eigenvalue weighted by atomic mass is 35.5. The van der Waals surface area contributed by atoms with Crippen molar-refractivity contribution in [2.75, 3.05) is 6.61 Å². The van der Waals surface area contributed by atoms with Crippen LogP contribution in [-0.2, 0) is 17.0 Å². The first kappa shape index (κ1) is 22.6. The summed E-state index contributed by atoms with van der Waals surface area (Å²) in [6.07, 6.45) is 0. The van der Waals surface area contributed by atoms with Crippen molar-refractivity contribution in [3.8, 4) is 0 Å². The maximum absolute atomic E-state index is 13.8. The van der Waals surface area contributed by atoms with Gasteiger partial charge in [0.1, 0.15) is 5.82 Å². The van der Waals surface area contributed by atoms with Crippen LogP contribution in [0.15, 0.2) is 65.8 Å². The summed E-state index contributed by atoms with van der Waals surface area (Å²) >= 11 is 13.7. The van der Waals surface area contributed by atoms with Crippen LogP contribution in [0.5, 0.6) is 0 Å². The third-order valence-corrected chi connectivity index (χ3v) is 6.59. The molecule has 4 aromatic rings. The molecule has 0 N–H and O–H groups in total. The van der Waals surface area contributed by atoms with Gasteiger partial charge in [0.05, 0.1) is 39.8 Å². The van der Waals surface area contributed by atoms with Crippen molar-refractivity contribution in [1.29, 1.82) is 0 Å². The van der Waals surface area contributed by atoms with Gasteiger partial charge in [-0.1, -0.05) is 53.2 Å². The fraction of sp³-hybridized carbons (Fsp3) is 0.167. The molecule has 1 aromatic heterocycles. The Balaban J connectivity index is 1.70. The van der Waals surface area contributed by atoms with Gasteiger partial charge >= 0.3 is 5.97 Å². The van der Waals surface area contributed by atoms with E-state index in [2.05, 4.69) is 0 Å². The molecule has 164 valence electrons. The lowest BCUT2D eigenvalue weighted by molar-refractivity contribution is 0.0526. The molecule has 4 rings (SSSR count). The average molecular weight is 489 g/mol. The quantitative estimate of drug-likeness (QED) is 0.207. The van der Waals surface area contributed by atoms with E-state index in [0.717, 1.165) is 21.8 Å². The van der Waals surface area contributed by atoms with Crippen molar-refractivity contribution in [3.63, 3.8) is 0 Å². The summed E-state index contributed by atoms with van der Waals surface area (Å²) < 4.78 is 20.9. The number of ether oxygens (including phenoxy) is 1. The van der Waals surface area contributed by atoms with Crippen LogP contribution in [0.1, 0.15) is 28.4 Å². The molecule has 0 spiro atoms. The molecule has 0 fully saturated rings. The normalized spacial score (nSPS) is 11.1. The summed E-state index contributed by atoms with van der Waals surface area (Å²) in [5, 5.41) is 1.75. The van der Waals surface area contributed by atoms with Gasteiger partial charge in [0, 0.05) is 5.75 Å². The van der Waals surface area contributed by atoms with Crippen LogP contribution in [-0.4, -0.2) is 22.1 Å². The van der Waals surface area contributed by atoms with Gasteiger partial charge in [-0.3, -0.25) is 0 Å². The van der Waals surface area contributed by atoms with E-state index in [0.29, 0.717) is 40.0 Å². The van der Waals surface area contributed by atoms with Crippen LogP contribution in [0, 0.1) is 5.82 Å². The summed E-state index contributed by atoms with van der Waals surface area (Å²) in [6, 6.07) is 17.3. The Hall–Kier alpha value is -2.54. The average Bonchev–Trinajstić information content (AvgIpc) is 3.11. The van der Waals surface area contributed by atoms with E-state index < -0.39 is 0 Å². The van der Waals surface area contributed by atoms with Gasteiger partial charge in [0.15, 0.2) is 5.16 Å². The molecule has 0 atom stereocenters. The number of halogens is 3. The van der Waals surface area contributed by atoms with Gasteiger partial charge in [-0.2, -0.15) is 0 Å². The van der Waals surface area contributed by atoms with Gasteiger partial charge < -0.3 is 9.30 Å². The smallest absolute Gasteiger partial charge is 0.338 e. The number of thioether (sulfide) groups is 1. The SMILES string of the molecule is CCOC(=O)c1ccc2c(c1)nc(SCc1ccc(Cl)c(Cl)c1)n2Cc1cccc(F)c1. The third kappa shape index (κ3) is 5.09. The zero-order chi connectivity index (χ0) is 22.7. The minimum absolute atomic E-state index is 0.290. The first-order valence-corrected chi connectivity index (χ1v) is 11.7. The maximum Gasteiger partial charge on any atom is 0.338 e. The predicted octanol–water partition coefficient (Wildman–Crippen LogP) is 7.00. The van der Waals surface area contributed by atoms with Crippen molar-refractivity contribution in [2.24, 2.45) is 0 Å². The first-order valence-electron chi connectivity index (χ1n) is 9.93. The van der Waals surface area contributed by atoms with Gasteiger partial charge in [0.2, 0.25) is 0 Å². The molecule has 0 saturated heterocycles.